The first-order valence-corrected chi connectivity index (χ1v) is 10.5. The molecule has 1 N–H and O–H groups in total. The fourth-order valence-electron chi connectivity index (χ4n) is 2.71. The lowest BCUT2D eigenvalue weighted by molar-refractivity contribution is -0.118. The highest BCUT2D eigenvalue weighted by molar-refractivity contribution is 9.10. The molecule has 2 aromatic carbocycles. The number of nitrogens with zero attached hydrogens (tertiary/aromatic N) is 1. The van der Waals surface area contributed by atoms with E-state index in [0.717, 1.165) is 27.0 Å². The van der Waals surface area contributed by atoms with Crippen LogP contribution in [0.15, 0.2) is 52.3 Å². The minimum absolute atomic E-state index is 0.0784. The van der Waals surface area contributed by atoms with Gasteiger partial charge in [0.1, 0.15) is 11.5 Å². The van der Waals surface area contributed by atoms with Crippen LogP contribution in [0.2, 0.25) is 0 Å². The summed E-state index contributed by atoms with van der Waals surface area (Å²) < 4.78 is 12.1. The molecule has 0 fully saturated rings. The Hall–Kier alpha value is -2.38. The average molecular weight is 461 g/mol. The van der Waals surface area contributed by atoms with Gasteiger partial charge in [-0.1, -0.05) is 41.9 Å². The first-order chi connectivity index (χ1) is 13.5. The third-order valence-corrected chi connectivity index (χ3v) is 5.34. The van der Waals surface area contributed by atoms with E-state index in [2.05, 4.69) is 40.1 Å². The fraction of sp³-hybridized carbons (Fsp3) is 0.238. The summed E-state index contributed by atoms with van der Waals surface area (Å²) in [5.74, 6) is 1.49. The predicted octanol–water partition coefficient (Wildman–Crippen LogP) is 5.72. The van der Waals surface area contributed by atoms with Crippen LogP contribution in [0.1, 0.15) is 25.3 Å². The lowest BCUT2D eigenvalue weighted by atomic mass is 10.0. The first-order valence-electron chi connectivity index (χ1n) is 8.79. The van der Waals surface area contributed by atoms with E-state index >= 15 is 0 Å². The van der Waals surface area contributed by atoms with E-state index in [4.69, 9.17) is 9.47 Å². The second kappa shape index (κ2) is 9.21. The minimum Gasteiger partial charge on any atom is -0.496 e. The van der Waals surface area contributed by atoms with Gasteiger partial charge in [-0.05, 0) is 41.8 Å². The summed E-state index contributed by atoms with van der Waals surface area (Å²) >= 11 is 4.83. The number of anilines is 1. The molecule has 1 amide bonds. The third kappa shape index (κ3) is 4.91. The number of para-hydroxylation sites is 1. The zero-order valence-electron chi connectivity index (χ0n) is 15.9. The third-order valence-electron chi connectivity index (χ3n) is 4.09. The normalized spacial score (nSPS) is 10.8. The van der Waals surface area contributed by atoms with Crippen molar-refractivity contribution in [3.8, 4) is 22.8 Å². The molecule has 5 nitrogen and oxygen atoms in total. The van der Waals surface area contributed by atoms with Crippen molar-refractivity contribution in [2.45, 2.75) is 19.8 Å². The Bertz CT molecular complexity index is 972. The number of carbonyl (C=O) groups excluding carboxylic acids is 1. The van der Waals surface area contributed by atoms with E-state index in [1.165, 1.54) is 11.3 Å². The number of aromatic nitrogens is 1. The predicted molar refractivity (Wildman–Crippen MR) is 116 cm³/mol. The molecule has 0 aliphatic rings. The van der Waals surface area contributed by atoms with Crippen LogP contribution < -0.4 is 14.8 Å². The maximum absolute atomic E-state index is 12.3. The quantitative estimate of drug-likeness (QED) is 0.489. The molecule has 28 heavy (non-hydrogen) atoms. The molecule has 0 radical (unpaired) electrons. The molecule has 1 aromatic heterocycles. The Morgan fingerprint density at radius 3 is 2.75 bits per heavy atom. The lowest BCUT2D eigenvalue weighted by Crippen LogP contribution is -2.20. The van der Waals surface area contributed by atoms with Crippen LogP contribution in [0.5, 0.6) is 11.5 Å². The van der Waals surface area contributed by atoms with E-state index in [0.29, 0.717) is 10.9 Å². The van der Waals surface area contributed by atoms with Crippen LogP contribution in [0, 0.1) is 0 Å². The number of rotatable bonds is 7. The van der Waals surface area contributed by atoms with Gasteiger partial charge in [0.2, 0.25) is 0 Å². The number of hydrogen-bond donors (Lipinski definition) is 1. The molecular weight excluding hydrogens is 440 g/mol. The summed E-state index contributed by atoms with van der Waals surface area (Å²) in [6.45, 7) is 4.10. The summed E-state index contributed by atoms with van der Waals surface area (Å²) in [7, 11) is 1.62. The van der Waals surface area contributed by atoms with Gasteiger partial charge in [0.05, 0.1) is 12.8 Å². The molecule has 3 aromatic rings. The number of carbonyl (C=O) groups is 1. The van der Waals surface area contributed by atoms with Crippen LogP contribution in [-0.4, -0.2) is 24.6 Å². The standard InChI is InChI=1S/C21H21BrN2O3S/c1-13(2)16-10-14(22)8-9-19(16)27-11-20(25)24-21-23-17(12-28-21)15-6-4-5-7-18(15)26-3/h4-10,12-13H,11H2,1-3H3,(H,23,24,25). The summed E-state index contributed by atoms with van der Waals surface area (Å²) in [6.07, 6.45) is 0. The second-order valence-corrected chi connectivity index (χ2v) is 8.19. The van der Waals surface area contributed by atoms with E-state index in [9.17, 15) is 4.79 Å². The zero-order valence-corrected chi connectivity index (χ0v) is 18.3. The Morgan fingerprint density at radius 2 is 2.00 bits per heavy atom. The molecule has 146 valence electrons. The van der Waals surface area contributed by atoms with Crippen molar-refractivity contribution >= 4 is 38.3 Å². The molecule has 7 heteroatoms. The summed E-state index contributed by atoms with van der Waals surface area (Å²) in [5.41, 5.74) is 2.69. The molecule has 0 saturated heterocycles. The van der Waals surface area contributed by atoms with Crippen LogP contribution in [-0.2, 0) is 4.79 Å². The highest BCUT2D eigenvalue weighted by Crippen LogP contribution is 2.32. The number of ether oxygens (including phenoxy) is 2. The number of halogens is 1. The fourth-order valence-corrected chi connectivity index (χ4v) is 3.82. The number of thiazole rings is 1. The molecule has 3 rings (SSSR count). The topological polar surface area (TPSA) is 60.5 Å². The van der Waals surface area contributed by atoms with E-state index in [-0.39, 0.29) is 18.4 Å². The highest BCUT2D eigenvalue weighted by atomic mass is 79.9. The van der Waals surface area contributed by atoms with Gasteiger partial charge in [-0.2, -0.15) is 0 Å². The summed E-state index contributed by atoms with van der Waals surface area (Å²) in [6, 6.07) is 13.4. The van der Waals surface area contributed by atoms with Crippen molar-refractivity contribution < 1.29 is 14.3 Å². The molecular formula is C21H21BrN2O3S. The van der Waals surface area contributed by atoms with Gasteiger partial charge < -0.3 is 9.47 Å². The van der Waals surface area contributed by atoms with Crippen molar-refractivity contribution in [3.63, 3.8) is 0 Å². The van der Waals surface area contributed by atoms with E-state index < -0.39 is 0 Å². The molecule has 0 bridgehead atoms. The van der Waals surface area contributed by atoms with Gasteiger partial charge in [0.25, 0.3) is 5.91 Å². The van der Waals surface area contributed by atoms with Crippen molar-refractivity contribution in [1.29, 1.82) is 0 Å². The molecule has 0 spiro atoms. The lowest BCUT2D eigenvalue weighted by Gasteiger charge is -2.14. The van der Waals surface area contributed by atoms with Gasteiger partial charge >= 0.3 is 0 Å². The molecule has 0 aliphatic heterocycles. The Kier molecular flexibility index (Phi) is 6.70. The summed E-state index contributed by atoms with van der Waals surface area (Å²) in [4.78, 5) is 16.8. The van der Waals surface area contributed by atoms with Crippen molar-refractivity contribution in [1.82, 2.24) is 4.98 Å². The zero-order chi connectivity index (χ0) is 20.1. The maximum atomic E-state index is 12.3. The number of methoxy groups -OCH3 is 1. The molecule has 0 aliphatic carbocycles. The van der Waals surface area contributed by atoms with Crippen molar-refractivity contribution in [3.05, 3.63) is 57.9 Å². The van der Waals surface area contributed by atoms with Gasteiger partial charge in [0, 0.05) is 15.4 Å². The van der Waals surface area contributed by atoms with E-state index in [1.54, 1.807) is 7.11 Å². The first kappa shape index (κ1) is 20.4. The van der Waals surface area contributed by atoms with Crippen molar-refractivity contribution in [2.24, 2.45) is 0 Å². The maximum Gasteiger partial charge on any atom is 0.264 e. The van der Waals surface area contributed by atoms with Gasteiger partial charge in [0.15, 0.2) is 11.7 Å². The van der Waals surface area contributed by atoms with Crippen LogP contribution >= 0.6 is 27.3 Å². The number of hydrogen-bond acceptors (Lipinski definition) is 5. The minimum atomic E-state index is -0.251. The van der Waals surface area contributed by atoms with Gasteiger partial charge in [-0.15, -0.1) is 11.3 Å². The largest absolute Gasteiger partial charge is 0.496 e. The number of amides is 1. The Morgan fingerprint density at radius 1 is 1.21 bits per heavy atom. The molecule has 1 heterocycles. The van der Waals surface area contributed by atoms with Gasteiger partial charge in [-0.25, -0.2) is 4.98 Å². The van der Waals surface area contributed by atoms with Gasteiger partial charge in [-0.3, -0.25) is 10.1 Å². The van der Waals surface area contributed by atoms with Crippen LogP contribution in [0.3, 0.4) is 0 Å². The monoisotopic (exact) mass is 460 g/mol. The molecule has 0 saturated carbocycles. The summed E-state index contributed by atoms with van der Waals surface area (Å²) in [5, 5.41) is 5.20. The van der Waals surface area contributed by atoms with Crippen LogP contribution in [0.25, 0.3) is 11.3 Å². The SMILES string of the molecule is COc1ccccc1-c1csc(NC(=O)COc2ccc(Br)cc2C(C)C)n1. The average Bonchev–Trinajstić information content (AvgIpc) is 3.15. The Balaban J connectivity index is 1.64. The Labute approximate surface area is 176 Å². The second-order valence-electron chi connectivity index (χ2n) is 6.41. The smallest absolute Gasteiger partial charge is 0.264 e. The molecule has 0 unspecified atom stereocenters. The van der Waals surface area contributed by atoms with Crippen molar-refractivity contribution in [2.75, 3.05) is 19.0 Å². The number of benzene rings is 2. The molecule has 0 atom stereocenters. The highest BCUT2D eigenvalue weighted by Gasteiger charge is 2.13. The number of nitrogens with one attached hydrogen (secondary N) is 1. The van der Waals surface area contributed by atoms with Crippen LogP contribution in [0.4, 0.5) is 5.13 Å². The van der Waals surface area contributed by atoms with E-state index in [1.807, 2.05) is 47.8 Å².